The first-order valence-corrected chi connectivity index (χ1v) is 6.68. The van der Waals surface area contributed by atoms with Gasteiger partial charge in [0.2, 0.25) is 11.6 Å². The van der Waals surface area contributed by atoms with Gasteiger partial charge in [-0.2, -0.15) is 13.2 Å². The van der Waals surface area contributed by atoms with Gasteiger partial charge in [-0.3, -0.25) is 0 Å². The molecule has 0 radical (unpaired) electrons. The number of furan rings is 2. The van der Waals surface area contributed by atoms with Crippen molar-refractivity contribution in [1.82, 2.24) is 0 Å². The highest BCUT2D eigenvalue weighted by Crippen LogP contribution is 2.46. The molecule has 0 aliphatic rings. The minimum absolute atomic E-state index is 0.0126. The van der Waals surface area contributed by atoms with Gasteiger partial charge in [0.25, 0.3) is 0 Å². The van der Waals surface area contributed by atoms with Gasteiger partial charge in [-0.15, -0.1) is 0 Å². The fourth-order valence-corrected chi connectivity index (χ4v) is 2.43. The third-order valence-corrected chi connectivity index (χ3v) is 3.39. The van der Waals surface area contributed by atoms with Gasteiger partial charge in [0.05, 0.1) is 17.4 Å². The van der Waals surface area contributed by atoms with E-state index in [0.717, 1.165) is 12.1 Å². The largest absolute Gasteiger partial charge is 0.504 e. The number of halogens is 4. The Labute approximate surface area is 132 Å². The van der Waals surface area contributed by atoms with E-state index < -0.39 is 17.5 Å². The maximum absolute atomic E-state index is 12.9. The van der Waals surface area contributed by atoms with Crippen molar-refractivity contribution in [3.63, 3.8) is 0 Å². The van der Waals surface area contributed by atoms with Gasteiger partial charge >= 0.3 is 6.18 Å². The Balaban J connectivity index is 2.18. The zero-order valence-corrected chi connectivity index (χ0v) is 12.1. The smallest absolute Gasteiger partial charge is 0.416 e. The average Bonchev–Trinajstić information content (AvgIpc) is 3.05. The lowest BCUT2D eigenvalue weighted by atomic mass is 10.0. The van der Waals surface area contributed by atoms with Gasteiger partial charge in [0.1, 0.15) is 0 Å². The molecule has 2 aromatic heterocycles. The van der Waals surface area contributed by atoms with Crippen LogP contribution in [0.4, 0.5) is 19.1 Å². The second-order valence-corrected chi connectivity index (χ2v) is 5.16. The molecular formula is C15H9ClF3NO3. The second kappa shape index (κ2) is 5.27. The first-order valence-electron chi connectivity index (χ1n) is 6.30. The number of aromatic hydroxyl groups is 1. The molecule has 0 aliphatic carbocycles. The van der Waals surface area contributed by atoms with Crippen LogP contribution in [-0.4, -0.2) is 5.11 Å². The van der Waals surface area contributed by atoms with E-state index >= 15 is 0 Å². The lowest BCUT2D eigenvalue weighted by Gasteiger charge is -2.09. The van der Waals surface area contributed by atoms with Crippen LogP contribution in [0.5, 0.6) is 5.75 Å². The fraction of sp³-hybridized carbons (Fsp3) is 0.0667. The van der Waals surface area contributed by atoms with Crippen molar-refractivity contribution in [2.45, 2.75) is 6.18 Å². The molecule has 0 bridgehead atoms. The molecule has 0 spiro atoms. The van der Waals surface area contributed by atoms with Crippen molar-refractivity contribution in [2.24, 2.45) is 0 Å². The molecule has 23 heavy (non-hydrogen) atoms. The quantitative estimate of drug-likeness (QED) is 0.673. The SMILES string of the molecule is Nc1oc(-c2ccco2)c(O)c1-c1cc(Cl)cc(C(F)(F)F)c1. The summed E-state index contributed by atoms with van der Waals surface area (Å²) in [6.07, 6.45) is -3.23. The summed E-state index contributed by atoms with van der Waals surface area (Å²) in [6.45, 7) is 0. The van der Waals surface area contributed by atoms with Crippen LogP contribution in [0.1, 0.15) is 5.56 Å². The van der Waals surface area contributed by atoms with E-state index in [1.54, 1.807) is 6.07 Å². The Hall–Kier alpha value is -2.54. The van der Waals surface area contributed by atoms with E-state index in [-0.39, 0.29) is 33.6 Å². The maximum Gasteiger partial charge on any atom is 0.416 e. The number of nitrogen functional groups attached to an aromatic ring is 1. The number of hydrogen-bond acceptors (Lipinski definition) is 4. The minimum Gasteiger partial charge on any atom is -0.504 e. The summed E-state index contributed by atoms with van der Waals surface area (Å²) in [5.41, 5.74) is 4.65. The predicted octanol–water partition coefficient (Wildman–Crippen LogP) is 5.17. The van der Waals surface area contributed by atoms with Gasteiger partial charge in [0.15, 0.2) is 11.5 Å². The van der Waals surface area contributed by atoms with Crippen LogP contribution in [0, 0.1) is 0 Å². The van der Waals surface area contributed by atoms with Crippen molar-refractivity contribution in [3.8, 4) is 28.4 Å². The molecule has 1 aromatic carbocycles. The van der Waals surface area contributed by atoms with Crippen molar-refractivity contribution >= 4 is 17.5 Å². The van der Waals surface area contributed by atoms with Crippen molar-refractivity contribution in [3.05, 3.63) is 47.2 Å². The van der Waals surface area contributed by atoms with E-state index in [0.29, 0.717) is 0 Å². The van der Waals surface area contributed by atoms with E-state index in [1.165, 1.54) is 18.4 Å². The minimum atomic E-state index is -4.59. The zero-order chi connectivity index (χ0) is 16.8. The third kappa shape index (κ3) is 2.75. The number of hydrogen-bond donors (Lipinski definition) is 2. The Bertz CT molecular complexity index is 854. The van der Waals surface area contributed by atoms with Crippen LogP contribution >= 0.6 is 11.6 Å². The number of benzene rings is 1. The summed E-state index contributed by atoms with van der Waals surface area (Å²) in [6, 6.07) is 5.95. The number of alkyl halides is 3. The fourth-order valence-electron chi connectivity index (χ4n) is 2.19. The topological polar surface area (TPSA) is 72.5 Å². The van der Waals surface area contributed by atoms with Crippen molar-refractivity contribution < 1.29 is 27.1 Å². The molecule has 0 amide bonds. The highest BCUT2D eigenvalue weighted by Gasteiger charge is 2.32. The molecule has 0 unspecified atom stereocenters. The van der Waals surface area contributed by atoms with Gasteiger partial charge in [-0.25, -0.2) is 0 Å². The van der Waals surface area contributed by atoms with E-state index in [9.17, 15) is 18.3 Å². The van der Waals surface area contributed by atoms with Crippen molar-refractivity contribution in [2.75, 3.05) is 5.73 Å². The molecule has 3 rings (SSSR count). The van der Waals surface area contributed by atoms with E-state index in [2.05, 4.69) is 0 Å². The maximum atomic E-state index is 12.9. The van der Waals surface area contributed by atoms with Crippen LogP contribution in [0.2, 0.25) is 5.02 Å². The first kappa shape index (κ1) is 15.4. The standard InChI is InChI=1S/C15H9ClF3NO3/c16-9-5-7(4-8(6-9)15(17,18)19)11-12(21)13(23-14(11)20)10-2-1-3-22-10/h1-6,21H,20H2. The lowest BCUT2D eigenvalue weighted by molar-refractivity contribution is -0.137. The zero-order valence-electron chi connectivity index (χ0n) is 11.3. The Kier molecular flexibility index (Phi) is 3.52. The third-order valence-electron chi connectivity index (χ3n) is 3.17. The van der Waals surface area contributed by atoms with Crippen LogP contribution in [0.3, 0.4) is 0 Å². The second-order valence-electron chi connectivity index (χ2n) is 4.72. The average molecular weight is 344 g/mol. The highest BCUT2D eigenvalue weighted by atomic mass is 35.5. The summed E-state index contributed by atoms with van der Waals surface area (Å²) in [5, 5.41) is 10.1. The Morgan fingerprint density at radius 2 is 1.91 bits per heavy atom. The number of rotatable bonds is 2. The molecule has 4 nitrogen and oxygen atoms in total. The molecule has 0 saturated carbocycles. The summed E-state index contributed by atoms with van der Waals surface area (Å²) in [5.74, 6) is -0.549. The molecule has 0 atom stereocenters. The van der Waals surface area contributed by atoms with Crippen molar-refractivity contribution in [1.29, 1.82) is 0 Å². The Morgan fingerprint density at radius 1 is 1.17 bits per heavy atom. The van der Waals surface area contributed by atoms with Crippen LogP contribution < -0.4 is 5.73 Å². The summed E-state index contributed by atoms with van der Waals surface area (Å²) in [4.78, 5) is 0. The molecular weight excluding hydrogens is 335 g/mol. The summed E-state index contributed by atoms with van der Waals surface area (Å²) < 4.78 is 49.0. The van der Waals surface area contributed by atoms with Gasteiger partial charge in [-0.1, -0.05) is 11.6 Å². The van der Waals surface area contributed by atoms with Crippen LogP contribution in [0.15, 0.2) is 45.4 Å². The highest BCUT2D eigenvalue weighted by molar-refractivity contribution is 6.31. The number of anilines is 1. The van der Waals surface area contributed by atoms with Gasteiger partial charge in [-0.05, 0) is 35.9 Å². The normalized spacial score (nSPS) is 11.8. The van der Waals surface area contributed by atoms with E-state index in [1.807, 2.05) is 0 Å². The lowest BCUT2D eigenvalue weighted by Crippen LogP contribution is -2.05. The molecule has 3 N–H and O–H groups in total. The van der Waals surface area contributed by atoms with Crippen LogP contribution in [0.25, 0.3) is 22.6 Å². The molecule has 0 saturated heterocycles. The van der Waals surface area contributed by atoms with Gasteiger partial charge in [0, 0.05) is 5.02 Å². The Morgan fingerprint density at radius 3 is 2.52 bits per heavy atom. The number of nitrogens with two attached hydrogens (primary N) is 1. The summed E-state index contributed by atoms with van der Waals surface area (Å²) >= 11 is 5.75. The van der Waals surface area contributed by atoms with Gasteiger partial charge < -0.3 is 19.7 Å². The van der Waals surface area contributed by atoms with E-state index in [4.69, 9.17) is 26.2 Å². The molecule has 0 fully saturated rings. The monoisotopic (exact) mass is 343 g/mol. The van der Waals surface area contributed by atoms with Crippen LogP contribution in [-0.2, 0) is 6.18 Å². The predicted molar refractivity (Wildman–Crippen MR) is 77.9 cm³/mol. The molecule has 120 valence electrons. The molecule has 2 heterocycles. The summed E-state index contributed by atoms with van der Waals surface area (Å²) in [7, 11) is 0. The molecule has 3 aromatic rings. The molecule has 8 heteroatoms. The molecule has 0 aliphatic heterocycles. The first-order chi connectivity index (χ1) is 10.8.